The lowest BCUT2D eigenvalue weighted by Crippen LogP contribution is -2.38. The standard InChI is InChI=1S/C23H23F3N2O3/c1-30-18-10-15(11-18)22(29)28-21-13-27-20-7-6-17(12-19(20)21)31-9-8-14-2-4-16(5-3-14)23(24,25)26/h2-7,12-13,15,18,27H,8-11H2,1H3,(H,28,29)/t15-,18-. The highest BCUT2D eigenvalue weighted by molar-refractivity contribution is 6.03. The number of aromatic amines is 1. The normalized spacial score (nSPS) is 18.6. The molecule has 1 fully saturated rings. The molecule has 0 aliphatic heterocycles. The fourth-order valence-electron chi connectivity index (χ4n) is 3.65. The fourth-order valence-corrected chi connectivity index (χ4v) is 3.65. The van der Waals surface area contributed by atoms with Crippen LogP contribution < -0.4 is 10.1 Å². The van der Waals surface area contributed by atoms with Crippen LogP contribution in [0.5, 0.6) is 5.75 Å². The first-order valence-electron chi connectivity index (χ1n) is 10.1. The molecule has 1 aromatic heterocycles. The maximum Gasteiger partial charge on any atom is 0.416 e. The maximum atomic E-state index is 12.6. The lowest BCUT2D eigenvalue weighted by Gasteiger charge is -2.32. The number of ether oxygens (including phenoxy) is 2. The molecule has 5 nitrogen and oxygen atoms in total. The Balaban J connectivity index is 1.35. The largest absolute Gasteiger partial charge is 0.493 e. The maximum absolute atomic E-state index is 12.6. The average Bonchev–Trinajstić information content (AvgIpc) is 3.09. The highest BCUT2D eigenvalue weighted by Crippen LogP contribution is 2.33. The molecule has 0 bridgehead atoms. The van der Waals surface area contributed by atoms with Gasteiger partial charge in [0.2, 0.25) is 5.91 Å². The van der Waals surface area contributed by atoms with E-state index in [9.17, 15) is 18.0 Å². The molecule has 1 heterocycles. The molecule has 1 aliphatic carbocycles. The van der Waals surface area contributed by atoms with Crippen molar-refractivity contribution in [2.24, 2.45) is 5.92 Å². The Morgan fingerprint density at radius 3 is 2.58 bits per heavy atom. The van der Waals surface area contributed by atoms with Gasteiger partial charge in [-0.25, -0.2) is 0 Å². The van der Waals surface area contributed by atoms with Crippen LogP contribution in [0, 0.1) is 5.92 Å². The summed E-state index contributed by atoms with van der Waals surface area (Å²) in [5.74, 6) is 0.554. The first-order chi connectivity index (χ1) is 14.8. The van der Waals surface area contributed by atoms with Gasteiger partial charge in [-0.05, 0) is 48.7 Å². The van der Waals surface area contributed by atoms with Crippen LogP contribution in [0.1, 0.15) is 24.0 Å². The van der Waals surface area contributed by atoms with Gasteiger partial charge in [0, 0.05) is 36.5 Å². The third kappa shape index (κ3) is 4.85. The quantitative estimate of drug-likeness (QED) is 0.541. The lowest BCUT2D eigenvalue weighted by atomic mass is 9.81. The summed E-state index contributed by atoms with van der Waals surface area (Å²) in [7, 11) is 1.65. The molecule has 0 unspecified atom stereocenters. The monoisotopic (exact) mass is 432 g/mol. The van der Waals surface area contributed by atoms with Crippen LogP contribution in [0.3, 0.4) is 0 Å². The van der Waals surface area contributed by atoms with Crippen LogP contribution in [-0.2, 0) is 22.1 Å². The zero-order valence-corrected chi connectivity index (χ0v) is 17.0. The van der Waals surface area contributed by atoms with Gasteiger partial charge in [-0.1, -0.05) is 12.1 Å². The average molecular weight is 432 g/mol. The third-order valence-electron chi connectivity index (χ3n) is 5.65. The summed E-state index contributed by atoms with van der Waals surface area (Å²) in [6.07, 6.45) is -0.496. The van der Waals surface area contributed by atoms with Crippen molar-refractivity contribution in [1.29, 1.82) is 0 Å². The number of aromatic nitrogens is 1. The van der Waals surface area contributed by atoms with Crippen LogP contribution >= 0.6 is 0 Å². The smallest absolute Gasteiger partial charge is 0.416 e. The molecule has 164 valence electrons. The first-order valence-corrected chi connectivity index (χ1v) is 10.1. The summed E-state index contributed by atoms with van der Waals surface area (Å²) in [4.78, 5) is 15.5. The van der Waals surface area contributed by atoms with Crippen molar-refractivity contribution >= 4 is 22.5 Å². The van der Waals surface area contributed by atoms with E-state index >= 15 is 0 Å². The molecule has 1 saturated carbocycles. The minimum Gasteiger partial charge on any atom is -0.493 e. The van der Waals surface area contributed by atoms with Gasteiger partial charge in [0.15, 0.2) is 0 Å². The SMILES string of the molecule is CO[C@H]1C[C@H](C(=O)Nc2c[nH]c3ccc(OCCc4ccc(C(F)(F)F)cc4)cc23)C1. The zero-order chi connectivity index (χ0) is 22.0. The van der Waals surface area contributed by atoms with E-state index in [1.807, 2.05) is 18.2 Å². The summed E-state index contributed by atoms with van der Waals surface area (Å²) < 4.78 is 49.0. The number of anilines is 1. The number of alkyl halides is 3. The van der Waals surface area contributed by atoms with Crippen molar-refractivity contribution in [2.45, 2.75) is 31.5 Å². The van der Waals surface area contributed by atoms with Gasteiger partial charge >= 0.3 is 6.18 Å². The Hall–Kier alpha value is -3.00. The summed E-state index contributed by atoms with van der Waals surface area (Å²) in [6.45, 7) is 0.323. The summed E-state index contributed by atoms with van der Waals surface area (Å²) >= 11 is 0. The van der Waals surface area contributed by atoms with E-state index in [0.717, 1.165) is 41.4 Å². The minimum absolute atomic E-state index is 0.0252. The van der Waals surface area contributed by atoms with Gasteiger partial charge in [0.25, 0.3) is 0 Å². The molecule has 0 radical (unpaired) electrons. The number of nitrogens with one attached hydrogen (secondary N) is 2. The number of carbonyl (C=O) groups excluding carboxylic acids is 1. The van der Waals surface area contributed by atoms with Crippen molar-refractivity contribution in [1.82, 2.24) is 4.98 Å². The minimum atomic E-state index is -4.34. The number of carbonyl (C=O) groups is 1. The Labute approximate surface area is 177 Å². The first kappa shape index (κ1) is 21.2. The molecule has 0 saturated heterocycles. The number of fused-ring (bicyclic) bond motifs is 1. The topological polar surface area (TPSA) is 63.3 Å². The van der Waals surface area contributed by atoms with Gasteiger partial charge in [0.1, 0.15) is 5.75 Å². The number of benzene rings is 2. The van der Waals surface area contributed by atoms with E-state index in [-0.39, 0.29) is 17.9 Å². The van der Waals surface area contributed by atoms with Crippen molar-refractivity contribution in [3.8, 4) is 5.75 Å². The highest BCUT2D eigenvalue weighted by Gasteiger charge is 2.34. The van der Waals surface area contributed by atoms with Crippen molar-refractivity contribution in [2.75, 3.05) is 19.0 Å². The van der Waals surface area contributed by atoms with Crippen molar-refractivity contribution in [3.05, 3.63) is 59.8 Å². The van der Waals surface area contributed by atoms with Gasteiger partial charge in [-0.2, -0.15) is 13.2 Å². The Morgan fingerprint density at radius 1 is 1.16 bits per heavy atom. The number of H-pyrrole nitrogens is 1. The Kier molecular flexibility index (Phi) is 5.91. The molecule has 4 rings (SSSR count). The van der Waals surface area contributed by atoms with Gasteiger partial charge in [-0.3, -0.25) is 4.79 Å². The number of rotatable bonds is 7. The van der Waals surface area contributed by atoms with Crippen LogP contribution in [0.4, 0.5) is 18.9 Å². The van der Waals surface area contributed by atoms with Gasteiger partial charge < -0.3 is 19.8 Å². The second kappa shape index (κ2) is 8.63. The lowest BCUT2D eigenvalue weighted by molar-refractivity contribution is -0.137. The second-order valence-corrected chi connectivity index (χ2v) is 7.72. The van der Waals surface area contributed by atoms with Crippen LogP contribution in [0.2, 0.25) is 0 Å². The van der Waals surface area contributed by atoms with E-state index in [2.05, 4.69) is 10.3 Å². The second-order valence-electron chi connectivity index (χ2n) is 7.72. The molecule has 8 heteroatoms. The van der Waals surface area contributed by atoms with E-state index < -0.39 is 11.7 Å². The van der Waals surface area contributed by atoms with Crippen molar-refractivity contribution < 1.29 is 27.4 Å². The predicted octanol–water partition coefficient (Wildman–Crippen LogP) is 5.17. The molecule has 31 heavy (non-hydrogen) atoms. The molecule has 2 aromatic carbocycles. The molecule has 3 aromatic rings. The molecule has 1 amide bonds. The van der Waals surface area contributed by atoms with Crippen LogP contribution in [0.15, 0.2) is 48.7 Å². The number of hydrogen-bond acceptors (Lipinski definition) is 3. The number of halogens is 3. The molecule has 0 spiro atoms. The zero-order valence-electron chi connectivity index (χ0n) is 17.0. The van der Waals surface area contributed by atoms with Gasteiger partial charge in [-0.15, -0.1) is 0 Å². The number of methoxy groups -OCH3 is 1. The van der Waals surface area contributed by atoms with Crippen LogP contribution in [0.25, 0.3) is 10.9 Å². The summed E-state index contributed by atoms with van der Waals surface area (Å²) in [6, 6.07) is 10.6. The Bertz CT molecular complexity index is 1050. The molecule has 1 aliphatic rings. The third-order valence-corrected chi connectivity index (χ3v) is 5.65. The number of hydrogen-bond donors (Lipinski definition) is 2. The fraction of sp³-hybridized carbons (Fsp3) is 0.348. The molecular weight excluding hydrogens is 409 g/mol. The van der Waals surface area contributed by atoms with E-state index in [4.69, 9.17) is 9.47 Å². The number of amides is 1. The van der Waals surface area contributed by atoms with Crippen LogP contribution in [-0.4, -0.2) is 30.7 Å². The molecule has 2 N–H and O–H groups in total. The summed E-state index contributed by atoms with van der Waals surface area (Å²) in [5, 5.41) is 3.80. The van der Waals surface area contributed by atoms with E-state index in [0.29, 0.717) is 24.5 Å². The Morgan fingerprint density at radius 2 is 1.90 bits per heavy atom. The van der Waals surface area contributed by atoms with E-state index in [1.165, 1.54) is 12.1 Å². The predicted molar refractivity (Wildman–Crippen MR) is 111 cm³/mol. The van der Waals surface area contributed by atoms with Gasteiger partial charge in [0.05, 0.1) is 24.0 Å². The highest BCUT2D eigenvalue weighted by atomic mass is 19.4. The molecular formula is C23H23F3N2O3. The summed E-state index contributed by atoms with van der Waals surface area (Å²) in [5.41, 5.74) is 1.66. The molecule has 0 atom stereocenters. The van der Waals surface area contributed by atoms with Crippen molar-refractivity contribution in [3.63, 3.8) is 0 Å². The van der Waals surface area contributed by atoms with E-state index in [1.54, 1.807) is 13.3 Å².